The fourth-order valence-corrected chi connectivity index (χ4v) is 12.4. The average molecular weight is 937 g/mol. The van der Waals surface area contributed by atoms with E-state index in [1.54, 1.807) is 0 Å². The SMILES string of the molecule is Cc1ccc(-c2ccccc2)cc1N1c2cc(S(C)(C)C)ccc2Cc2ccc(S(C)(C)C)cc2N(c2cc(-c3ccccc3)ccc2C)c2cc1c1ccc3cc(C(C)(C)C)cc4ccc2c1c34. The van der Waals surface area contributed by atoms with E-state index in [9.17, 15) is 0 Å². The fourth-order valence-electron chi connectivity index (χ4n) is 10.6. The molecule has 69 heavy (non-hydrogen) atoms. The maximum atomic E-state index is 2.66. The number of hydrogen-bond acceptors (Lipinski definition) is 2. The van der Waals surface area contributed by atoms with E-state index in [1.807, 2.05) is 0 Å². The highest BCUT2D eigenvalue weighted by atomic mass is 32.3. The highest BCUT2D eigenvalue weighted by molar-refractivity contribution is 8.32. The number of aryl methyl sites for hydroxylation is 2. The van der Waals surface area contributed by atoms with Crippen molar-refractivity contribution in [3.63, 3.8) is 0 Å². The van der Waals surface area contributed by atoms with Crippen LogP contribution in [0.3, 0.4) is 0 Å². The summed E-state index contributed by atoms with van der Waals surface area (Å²) in [5.74, 6) is 0. The Morgan fingerprint density at radius 2 is 0.812 bits per heavy atom. The number of nitrogens with zero attached hydrogens (tertiary/aromatic N) is 2. The lowest BCUT2D eigenvalue weighted by molar-refractivity contribution is 0.591. The molecule has 2 nitrogen and oxygen atoms in total. The average Bonchev–Trinajstić information content (AvgIpc) is 3.32. The molecule has 0 fully saturated rings. The highest BCUT2D eigenvalue weighted by Gasteiger charge is 2.31. The Kier molecular flexibility index (Phi) is 10.8. The second-order valence-corrected chi connectivity index (χ2v) is 30.2. The predicted octanol–water partition coefficient (Wildman–Crippen LogP) is 18.8. The van der Waals surface area contributed by atoms with Crippen LogP contribution < -0.4 is 9.80 Å². The van der Waals surface area contributed by atoms with Crippen molar-refractivity contribution in [2.75, 3.05) is 47.3 Å². The van der Waals surface area contributed by atoms with Crippen LogP contribution >= 0.6 is 20.1 Å². The van der Waals surface area contributed by atoms with Crippen molar-refractivity contribution in [1.29, 1.82) is 0 Å². The molecular formula is C65H64N2S2. The van der Waals surface area contributed by atoms with Crippen molar-refractivity contribution >= 4 is 86.5 Å². The first-order chi connectivity index (χ1) is 32.9. The fraction of sp³-hybridized carbons (Fsp3) is 0.200. The Bertz CT molecular complexity index is 3380. The molecule has 0 spiro atoms. The summed E-state index contributed by atoms with van der Waals surface area (Å²) in [5, 5.41) is 7.70. The van der Waals surface area contributed by atoms with E-state index in [2.05, 4.69) is 258 Å². The lowest BCUT2D eigenvalue weighted by atomic mass is 9.83. The molecule has 0 aliphatic carbocycles. The molecule has 10 aromatic carbocycles. The molecule has 2 bridgehead atoms. The summed E-state index contributed by atoms with van der Waals surface area (Å²) in [4.78, 5) is 8.11. The van der Waals surface area contributed by atoms with Crippen LogP contribution in [0.1, 0.15) is 48.6 Å². The lowest BCUT2D eigenvalue weighted by Crippen LogP contribution is -2.20. The van der Waals surface area contributed by atoms with E-state index in [0.29, 0.717) is 0 Å². The van der Waals surface area contributed by atoms with Crippen LogP contribution in [0.25, 0.3) is 54.6 Å². The van der Waals surface area contributed by atoms with Gasteiger partial charge in [-0.3, -0.25) is 0 Å². The van der Waals surface area contributed by atoms with E-state index in [1.165, 1.54) is 126 Å². The van der Waals surface area contributed by atoms with Crippen LogP contribution in [0.2, 0.25) is 0 Å². The van der Waals surface area contributed by atoms with Crippen LogP contribution in [0.4, 0.5) is 34.1 Å². The molecule has 0 N–H and O–H groups in total. The zero-order chi connectivity index (χ0) is 48.1. The summed E-state index contributed by atoms with van der Waals surface area (Å²) in [6, 6.07) is 67.9. The van der Waals surface area contributed by atoms with Crippen LogP contribution in [-0.4, -0.2) is 37.5 Å². The first kappa shape index (κ1) is 45.0. The summed E-state index contributed by atoms with van der Waals surface area (Å²) in [7, 11) is -2.20. The van der Waals surface area contributed by atoms with Gasteiger partial charge in [-0.25, -0.2) is 20.1 Å². The van der Waals surface area contributed by atoms with Crippen molar-refractivity contribution in [2.45, 2.75) is 56.2 Å². The topological polar surface area (TPSA) is 6.48 Å². The zero-order valence-corrected chi connectivity index (χ0v) is 43.8. The van der Waals surface area contributed by atoms with Gasteiger partial charge < -0.3 is 9.80 Å². The summed E-state index contributed by atoms with van der Waals surface area (Å²) < 4.78 is 0. The quantitative estimate of drug-likeness (QED) is 0.153. The number of anilines is 6. The van der Waals surface area contributed by atoms with Gasteiger partial charge in [0, 0.05) is 34.0 Å². The molecule has 0 amide bonds. The molecule has 0 atom stereocenters. The van der Waals surface area contributed by atoms with E-state index >= 15 is 0 Å². The molecule has 0 saturated carbocycles. The van der Waals surface area contributed by atoms with Gasteiger partial charge in [-0.15, -0.1) is 0 Å². The molecule has 1 heterocycles. The van der Waals surface area contributed by atoms with Crippen molar-refractivity contribution in [3.05, 3.63) is 204 Å². The second kappa shape index (κ2) is 16.6. The molecule has 0 saturated heterocycles. The maximum Gasteiger partial charge on any atom is 0.0561 e. The molecule has 10 aromatic rings. The Morgan fingerprint density at radius 1 is 0.377 bits per heavy atom. The van der Waals surface area contributed by atoms with Gasteiger partial charge in [-0.05, 0) is 175 Å². The summed E-state index contributed by atoms with van der Waals surface area (Å²) in [6.07, 6.45) is 15.3. The third kappa shape index (κ3) is 7.96. The second-order valence-electron chi connectivity index (χ2n) is 21.9. The Morgan fingerprint density at radius 3 is 1.22 bits per heavy atom. The monoisotopic (exact) mass is 936 g/mol. The molecule has 0 radical (unpaired) electrons. The standard InChI is InChI=1S/C65H64N2S2/c1-42-22-24-46(44-18-14-12-15-19-44)37-57(42)66-59-39-53(68(6,7)8)30-26-48(59)34-49-27-31-54(69(9,10)11)40-60(49)67(58-38-47(25-23-43(58)2)45-20-16-13-17-21-45)62-41-61(66)55-32-28-50-35-52(65(3,4)5)36-51-29-33-56(62)64(55)63(50)51/h12-33,35-41H,34H2,1-11H3. The Balaban J connectivity index is 1.35. The van der Waals surface area contributed by atoms with Crippen molar-refractivity contribution in [1.82, 2.24) is 0 Å². The molecule has 1 aliphatic rings. The van der Waals surface area contributed by atoms with Gasteiger partial charge in [-0.1, -0.05) is 154 Å². The minimum Gasteiger partial charge on any atom is -0.309 e. The molecule has 4 heteroatoms. The Labute approximate surface area is 413 Å². The number of hydrogen-bond donors (Lipinski definition) is 0. The van der Waals surface area contributed by atoms with Crippen LogP contribution in [0.5, 0.6) is 0 Å². The van der Waals surface area contributed by atoms with Crippen LogP contribution in [-0.2, 0) is 11.8 Å². The first-order valence-corrected chi connectivity index (χ1v) is 29.9. The summed E-state index contributed by atoms with van der Waals surface area (Å²) >= 11 is 0. The van der Waals surface area contributed by atoms with Gasteiger partial charge in [0.1, 0.15) is 0 Å². The van der Waals surface area contributed by atoms with Gasteiger partial charge in [0.05, 0.1) is 22.7 Å². The maximum absolute atomic E-state index is 2.66. The smallest absolute Gasteiger partial charge is 0.0561 e. The lowest BCUT2D eigenvalue weighted by Gasteiger charge is -2.38. The van der Waals surface area contributed by atoms with Crippen molar-refractivity contribution in [3.8, 4) is 22.3 Å². The number of rotatable bonds is 6. The van der Waals surface area contributed by atoms with E-state index < -0.39 is 20.1 Å². The number of fused-ring (bicyclic) bond motifs is 6. The first-order valence-electron chi connectivity index (χ1n) is 24.2. The molecule has 346 valence electrons. The molecule has 1 aliphatic heterocycles. The van der Waals surface area contributed by atoms with Crippen LogP contribution in [0, 0.1) is 13.8 Å². The summed E-state index contributed by atoms with van der Waals surface area (Å²) in [6.45, 7) is 11.6. The van der Waals surface area contributed by atoms with Gasteiger partial charge in [0.15, 0.2) is 0 Å². The number of benzene rings is 10. The van der Waals surface area contributed by atoms with Crippen molar-refractivity contribution in [2.24, 2.45) is 0 Å². The minimum atomic E-state index is -1.10. The zero-order valence-electron chi connectivity index (χ0n) is 42.2. The van der Waals surface area contributed by atoms with Crippen molar-refractivity contribution < 1.29 is 0 Å². The third-order valence-electron chi connectivity index (χ3n) is 14.5. The van der Waals surface area contributed by atoms with E-state index in [4.69, 9.17) is 0 Å². The molecule has 0 aromatic heterocycles. The van der Waals surface area contributed by atoms with Gasteiger partial charge in [0.2, 0.25) is 0 Å². The van der Waals surface area contributed by atoms with Gasteiger partial charge in [-0.2, -0.15) is 0 Å². The third-order valence-corrected chi connectivity index (χ3v) is 17.9. The molecular weight excluding hydrogens is 873 g/mol. The van der Waals surface area contributed by atoms with Crippen LogP contribution in [0.15, 0.2) is 186 Å². The largest absolute Gasteiger partial charge is 0.309 e. The summed E-state index contributed by atoms with van der Waals surface area (Å²) in [5.41, 5.74) is 18.5. The van der Waals surface area contributed by atoms with Gasteiger partial charge >= 0.3 is 0 Å². The Hall–Kier alpha value is -6.46. The minimum absolute atomic E-state index is 0.000880. The van der Waals surface area contributed by atoms with E-state index in [0.717, 1.165) is 6.42 Å². The predicted molar refractivity (Wildman–Crippen MR) is 309 cm³/mol. The van der Waals surface area contributed by atoms with Gasteiger partial charge in [0.25, 0.3) is 0 Å². The molecule has 0 unspecified atom stereocenters. The molecule has 11 rings (SSSR count). The highest BCUT2D eigenvalue weighted by Crippen LogP contribution is 2.57. The normalized spacial score (nSPS) is 13.8. The van der Waals surface area contributed by atoms with E-state index in [-0.39, 0.29) is 5.41 Å².